The van der Waals surface area contributed by atoms with E-state index in [1.54, 1.807) is 18.2 Å². The Kier molecular flexibility index (Phi) is 8.66. The molecule has 3 aromatic carbocycles. The van der Waals surface area contributed by atoms with Crippen LogP contribution in [-0.2, 0) is 20.9 Å². The van der Waals surface area contributed by atoms with Crippen LogP contribution in [0.1, 0.15) is 46.3 Å². The van der Waals surface area contributed by atoms with Crippen molar-refractivity contribution in [3.63, 3.8) is 0 Å². The highest BCUT2D eigenvalue weighted by Gasteiger charge is 2.36. The third-order valence-electron chi connectivity index (χ3n) is 6.38. The van der Waals surface area contributed by atoms with Crippen molar-refractivity contribution >= 4 is 34.9 Å². The molecule has 196 valence electrons. The second-order valence-electron chi connectivity index (χ2n) is 9.32. The molecule has 4 rings (SSSR count). The molecule has 0 saturated carbocycles. The zero-order valence-electron chi connectivity index (χ0n) is 21.9. The lowest BCUT2D eigenvalue weighted by Crippen LogP contribution is -2.26. The molecule has 1 heterocycles. The standard InChI is InChI=1S/C30H32N4O4/c1-20(35)31-16-7-17-34(2)19-21-10-13-24(14-11-21)32-28(22-8-5-4-6-9-22)27-25-15-12-23(30(37)38-3)18-26(25)33-29(27)36/h4-6,8-15,18,27H,7,16-17,19H2,1-3H3,(H,31,35)(H,33,36). The number of benzene rings is 3. The molecule has 0 aromatic heterocycles. The molecule has 0 radical (unpaired) electrons. The van der Waals surface area contributed by atoms with E-state index in [1.807, 2.05) is 54.6 Å². The van der Waals surface area contributed by atoms with Crippen LogP contribution in [0.25, 0.3) is 0 Å². The fraction of sp³-hybridized carbons (Fsp3) is 0.267. The summed E-state index contributed by atoms with van der Waals surface area (Å²) in [6.07, 6.45) is 0.880. The second-order valence-corrected chi connectivity index (χ2v) is 9.32. The average molecular weight is 513 g/mol. The maximum atomic E-state index is 13.2. The minimum Gasteiger partial charge on any atom is -0.465 e. The van der Waals surface area contributed by atoms with Crippen molar-refractivity contribution in [1.29, 1.82) is 0 Å². The van der Waals surface area contributed by atoms with E-state index in [4.69, 9.17) is 9.73 Å². The van der Waals surface area contributed by atoms with Crippen molar-refractivity contribution in [2.75, 3.05) is 32.6 Å². The number of fused-ring (bicyclic) bond motifs is 1. The Hall–Kier alpha value is -4.30. The van der Waals surface area contributed by atoms with Crippen LogP contribution in [0.15, 0.2) is 77.8 Å². The maximum Gasteiger partial charge on any atom is 0.337 e. The first kappa shape index (κ1) is 26.8. The smallest absolute Gasteiger partial charge is 0.337 e. The molecule has 0 aliphatic carbocycles. The number of nitrogens with one attached hydrogen (secondary N) is 2. The number of amides is 2. The van der Waals surface area contributed by atoms with Gasteiger partial charge in [0.25, 0.3) is 0 Å². The van der Waals surface area contributed by atoms with Gasteiger partial charge in [0, 0.05) is 25.7 Å². The molecule has 1 aliphatic heterocycles. The van der Waals surface area contributed by atoms with Gasteiger partial charge in [-0.1, -0.05) is 48.5 Å². The van der Waals surface area contributed by atoms with Crippen molar-refractivity contribution in [2.45, 2.75) is 25.8 Å². The summed E-state index contributed by atoms with van der Waals surface area (Å²) in [5.74, 6) is -1.28. The number of hydrogen-bond acceptors (Lipinski definition) is 6. The Morgan fingerprint density at radius 2 is 1.76 bits per heavy atom. The van der Waals surface area contributed by atoms with Gasteiger partial charge in [-0.15, -0.1) is 0 Å². The lowest BCUT2D eigenvalue weighted by atomic mass is 9.90. The first-order valence-electron chi connectivity index (χ1n) is 12.5. The molecule has 3 aromatic rings. The number of nitrogens with zero attached hydrogens (tertiary/aromatic N) is 2. The molecular formula is C30H32N4O4. The fourth-order valence-corrected chi connectivity index (χ4v) is 4.50. The molecule has 38 heavy (non-hydrogen) atoms. The summed E-state index contributed by atoms with van der Waals surface area (Å²) in [6.45, 7) is 3.83. The molecular weight excluding hydrogens is 480 g/mol. The van der Waals surface area contributed by atoms with Crippen LogP contribution >= 0.6 is 0 Å². The van der Waals surface area contributed by atoms with Crippen LogP contribution in [0.4, 0.5) is 11.4 Å². The third kappa shape index (κ3) is 6.52. The predicted octanol–water partition coefficient (Wildman–Crippen LogP) is 4.29. The number of aliphatic imine (C=N–C) groups is 1. The SMILES string of the molecule is COC(=O)c1ccc2c(c1)NC(=O)C2C(=Nc1ccc(CN(C)CCCNC(C)=O)cc1)c1ccccc1. The molecule has 1 atom stereocenters. The lowest BCUT2D eigenvalue weighted by Gasteiger charge is -2.17. The van der Waals surface area contributed by atoms with Crippen molar-refractivity contribution in [3.8, 4) is 0 Å². The number of carbonyl (C=O) groups is 3. The Morgan fingerprint density at radius 1 is 1.03 bits per heavy atom. The quantitative estimate of drug-likeness (QED) is 0.240. The van der Waals surface area contributed by atoms with Gasteiger partial charge in [0.15, 0.2) is 0 Å². The number of methoxy groups -OCH3 is 1. The molecule has 2 amide bonds. The van der Waals surface area contributed by atoms with Crippen molar-refractivity contribution in [2.24, 2.45) is 4.99 Å². The van der Waals surface area contributed by atoms with Gasteiger partial charge in [-0.3, -0.25) is 14.6 Å². The number of anilines is 1. The topological polar surface area (TPSA) is 100 Å². The molecule has 0 saturated heterocycles. The number of ether oxygens (including phenoxy) is 1. The van der Waals surface area contributed by atoms with E-state index in [0.717, 1.165) is 41.9 Å². The monoisotopic (exact) mass is 512 g/mol. The van der Waals surface area contributed by atoms with E-state index < -0.39 is 11.9 Å². The summed E-state index contributed by atoms with van der Waals surface area (Å²) in [4.78, 5) is 43.3. The highest BCUT2D eigenvalue weighted by Crippen LogP contribution is 2.37. The van der Waals surface area contributed by atoms with Crippen LogP contribution in [0.5, 0.6) is 0 Å². The van der Waals surface area contributed by atoms with Gasteiger partial charge < -0.3 is 20.3 Å². The van der Waals surface area contributed by atoms with E-state index >= 15 is 0 Å². The Bertz CT molecular complexity index is 1340. The van der Waals surface area contributed by atoms with Crippen LogP contribution in [0, 0.1) is 0 Å². The molecule has 1 aliphatic rings. The second kappa shape index (κ2) is 12.3. The van der Waals surface area contributed by atoms with E-state index in [0.29, 0.717) is 23.5 Å². The fourth-order valence-electron chi connectivity index (χ4n) is 4.50. The van der Waals surface area contributed by atoms with E-state index in [1.165, 1.54) is 14.0 Å². The van der Waals surface area contributed by atoms with Gasteiger partial charge in [-0.05, 0) is 61.0 Å². The summed E-state index contributed by atoms with van der Waals surface area (Å²) >= 11 is 0. The number of hydrogen-bond donors (Lipinski definition) is 2. The molecule has 8 heteroatoms. The molecule has 0 spiro atoms. The van der Waals surface area contributed by atoms with Crippen LogP contribution in [0.2, 0.25) is 0 Å². The summed E-state index contributed by atoms with van der Waals surface area (Å²) in [6, 6.07) is 22.7. The van der Waals surface area contributed by atoms with Gasteiger partial charge in [0.2, 0.25) is 11.8 Å². The summed E-state index contributed by atoms with van der Waals surface area (Å²) < 4.78 is 4.82. The number of esters is 1. The van der Waals surface area contributed by atoms with E-state index in [2.05, 4.69) is 22.6 Å². The summed E-state index contributed by atoms with van der Waals surface area (Å²) in [5, 5.41) is 5.72. The summed E-state index contributed by atoms with van der Waals surface area (Å²) in [7, 11) is 3.38. The molecule has 0 fully saturated rings. The van der Waals surface area contributed by atoms with Crippen LogP contribution < -0.4 is 10.6 Å². The Labute approximate surface area is 222 Å². The van der Waals surface area contributed by atoms with Gasteiger partial charge >= 0.3 is 5.97 Å². The molecule has 0 bridgehead atoms. The van der Waals surface area contributed by atoms with Crippen molar-refractivity contribution in [3.05, 3.63) is 95.1 Å². The third-order valence-corrected chi connectivity index (χ3v) is 6.38. The zero-order chi connectivity index (χ0) is 27.1. The maximum absolute atomic E-state index is 13.2. The van der Waals surface area contributed by atoms with E-state index in [9.17, 15) is 14.4 Å². The van der Waals surface area contributed by atoms with Gasteiger partial charge in [0.1, 0.15) is 5.92 Å². The van der Waals surface area contributed by atoms with Gasteiger partial charge in [-0.2, -0.15) is 0 Å². The summed E-state index contributed by atoms with van der Waals surface area (Å²) in [5.41, 5.74) is 5.10. The molecule has 8 nitrogen and oxygen atoms in total. The van der Waals surface area contributed by atoms with Gasteiger partial charge in [-0.25, -0.2) is 4.79 Å². The van der Waals surface area contributed by atoms with Crippen molar-refractivity contribution < 1.29 is 19.1 Å². The number of carbonyl (C=O) groups excluding carboxylic acids is 3. The van der Waals surface area contributed by atoms with Crippen molar-refractivity contribution in [1.82, 2.24) is 10.2 Å². The molecule has 1 unspecified atom stereocenters. The first-order valence-corrected chi connectivity index (χ1v) is 12.5. The first-order chi connectivity index (χ1) is 18.4. The normalized spacial score (nSPS) is 14.7. The Morgan fingerprint density at radius 3 is 2.45 bits per heavy atom. The minimum absolute atomic E-state index is 0.0109. The van der Waals surface area contributed by atoms with Crippen LogP contribution in [-0.4, -0.2) is 55.6 Å². The highest BCUT2D eigenvalue weighted by molar-refractivity contribution is 6.24. The van der Waals surface area contributed by atoms with E-state index in [-0.39, 0.29) is 11.8 Å². The molecule has 2 N–H and O–H groups in total. The highest BCUT2D eigenvalue weighted by atomic mass is 16.5. The average Bonchev–Trinajstić information content (AvgIpc) is 3.25. The van der Waals surface area contributed by atoms with Gasteiger partial charge in [0.05, 0.1) is 24.1 Å². The number of rotatable bonds is 10. The Balaban J connectivity index is 1.57. The minimum atomic E-state index is -0.617. The lowest BCUT2D eigenvalue weighted by molar-refractivity contribution is -0.119. The van der Waals surface area contributed by atoms with Crippen LogP contribution in [0.3, 0.4) is 0 Å². The zero-order valence-corrected chi connectivity index (χ0v) is 21.9. The predicted molar refractivity (Wildman–Crippen MR) is 148 cm³/mol. The largest absolute Gasteiger partial charge is 0.465 e.